The van der Waals surface area contributed by atoms with Crippen LogP contribution in [0.5, 0.6) is 11.5 Å². The maximum Gasteiger partial charge on any atom is 0.311 e. The largest absolute Gasteiger partial charge is 0.493 e. The van der Waals surface area contributed by atoms with Crippen LogP contribution >= 0.6 is 0 Å². The second kappa shape index (κ2) is 9.23. The summed E-state index contributed by atoms with van der Waals surface area (Å²) < 4.78 is 16.8. The number of nitrogens with zero attached hydrogens (tertiary/aromatic N) is 3. The molecular formula is C28H31N5O4. The molecule has 0 bridgehead atoms. The molecule has 2 fully saturated rings. The van der Waals surface area contributed by atoms with Gasteiger partial charge in [0.05, 0.1) is 19.9 Å². The maximum atomic E-state index is 13.0. The zero-order valence-electron chi connectivity index (χ0n) is 21.5. The first kappa shape index (κ1) is 23.5. The molecule has 2 atom stereocenters. The van der Waals surface area contributed by atoms with Gasteiger partial charge in [0.15, 0.2) is 11.5 Å². The summed E-state index contributed by atoms with van der Waals surface area (Å²) in [5.74, 6) is 2.84. The third-order valence-electron chi connectivity index (χ3n) is 7.62. The fraction of sp³-hybridized carbons (Fsp3) is 0.393. The Kier molecular flexibility index (Phi) is 5.87. The average molecular weight is 502 g/mol. The lowest BCUT2D eigenvalue weighted by Crippen LogP contribution is -2.32. The molecule has 4 heterocycles. The zero-order valence-corrected chi connectivity index (χ0v) is 21.5. The average Bonchev–Trinajstić information content (AvgIpc) is 3.69. The van der Waals surface area contributed by atoms with Crippen LogP contribution in [0, 0.1) is 11.8 Å². The number of amides is 1. The topological polar surface area (TPSA) is 106 Å². The third kappa shape index (κ3) is 4.03. The second-order valence-electron chi connectivity index (χ2n) is 10.2. The van der Waals surface area contributed by atoms with E-state index < -0.39 is 0 Å². The number of hydrogen-bond acceptors (Lipinski definition) is 7. The van der Waals surface area contributed by atoms with Crippen LogP contribution in [-0.4, -0.2) is 66.4 Å². The van der Waals surface area contributed by atoms with Gasteiger partial charge in [-0.15, -0.1) is 10.2 Å². The Balaban J connectivity index is 1.33. The standard InChI is InChI=1S/C28H31N5O4/c1-15(2)24-20-9-17(5-7-21(20)30-25(24)16-6-8-22(35-3)23(10-16)36-4)26-31-32-27(37-26)28(34)33-13-18-11-29-12-19(18)14-33/h5-10,15,18-19,29-30H,11-14H2,1-4H3. The first-order chi connectivity index (χ1) is 18.0. The van der Waals surface area contributed by atoms with Gasteiger partial charge in [0.1, 0.15) is 0 Å². The normalized spacial score (nSPS) is 19.1. The van der Waals surface area contributed by atoms with Gasteiger partial charge in [-0.2, -0.15) is 0 Å². The number of nitrogens with one attached hydrogen (secondary N) is 2. The van der Waals surface area contributed by atoms with E-state index in [0.717, 1.165) is 53.9 Å². The molecule has 0 aliphatic carbocycles. The lowest BCUT2D eigenvalue weighted by atomic mass is 9.95. The number of ether oxygens (including phenoxy) is 2. The van der Waals surface area contributed by atoms with Gasteiger partial charge in [0.2, 0.25) is 5.89 Å². The molecule has 2 N–H and O–H groups in total. The fourth-order valence-electron chi connectivity index (χ4n) is 5.75. The molecule has 9 nitrogen and oxygen atoms in total. The molecule has 0 radical (unpaired) electrons. The van der Waals surface area contributed by atoms with Crippen molar-refractivity contribution in [3.05, 3.63) is 47.9 Å². The lowest BCUT2D eigenvalue weighted by Gasteiger charge is -2.14. The van der Waals surface area contributed by atoms with E-state index in [1.54, 1.807) is 14.2 Å². The van der Waals surface area contributed by atoms with E-state index in [1.807, 2.05) is 35.2 Å². The van der Waals surface area contributed by atoms with E-state index in [4.69, 9.17) is 13.9 Å². The predicted molar refractivity (Wildman–Crippen MR) is 140 cm³/mol. The molecule has 192 valence electrons. The highest BCUT2D eigenvalue weighted by Crippen LogP contribution is 2.40. The SMILES string of the molecule is COc1ccc(-c2[nH]c3ccc(-c4nnc(C(=O)N5CC6CNCC6C5)o4)cc3c2C(C)C)cc1OC. The van der Waals surface area contributed by atoms with Crippen LogP contribution in [0.15, 0.2) is 40.8 Å². The highest BCUT2D eigenvalue weighted by Gasteiger charge is 2.39. The summed E-state index contributed by atoms with van der Waals surface area (Å²) in [5.41, 5.74) is 5.00. The number of aromatic nitrogens is 3. The minimum atomic E-state index is -0.186. The first-order valence-corrected chi connectivity index (χ1v) is 12.7. The van der Waals surface area contributed by atoms with Gasteiger partial charge in [-0.3, -0.25) is 4.79 Å². The van der Waals surface area contributed by atoms with Crippen molar-refractivity contribution in [2.24, 2.45) is 11.8 Å². The minimum Gasteiger partial charge on any atom is -0.493 e. The van der Waals surface area contributed by atoms with Gasteiger partial charge in [0, 0.05) is 48.2 Å². The Labute approximate surface area is 215 Å². The molecule has 0 spiro atoms. The van der Waals surface area contributed by atoms with E-state index in [1.165, 1.54) is 5.56 Å². The predicted octanol–water partition coefficient (Wildman–Crippen LogP) is 4.32. The molecular weight excluding hydrogens is 470 g/mol. The number of carbonyl (C=O) groups excluding carboxylic acids is 1. The molecule has 37 heavy (non-hydrogen) atoms. The molecule has 9 heteroatoms. The number of hydrogen-bond donors (Lipinski definition) is 2. The van der Waals surface area contributed by atoms with Gasteiger partial charge in [-0.05, 0) is 59.7 Å². The molecule has 2 saturated heterocycles. The summed E-state index contributed by atoms with van der Waals surface area (Å²) in [6, 6.07) is 11.9. The Morgan fingerprint density at radius 2 is 1.73 bits per heavy atom. The molecule has 2 aromatic heterocycles. The zero-order chi connectivity index (χ0) is 25.7. The molecule has 4 aromatic rings. The van der Waals surface area contributed by atoms with Crippen molar-refractivity contribution >= 4 is 16.8 Å². The first-order valence-electron chi connectivity index (χ1n) is 12.7. The van der Waals surface area contributed by atoms with Crippen molar-refractivity contribution < 1.29 is 18.7 Å². The van der Waals surface area contributed by atoms with E-state index >= 15 is 0 Å². The van der Waals surface area contributed by atoms with E-state index in [-0.39, 0.29) is 17.7 Å². The van der Waals surface area contributed by atoms with Crippen molar-refractivity contribution in [3.63, 3.8) is 0 Å². The van der Waals surface area contributed by atoms with Gasteiger partial charge >= 0.3 is 11.8 Å². The van der Waals surface area contributed by atoms with Crippen LogP contribution in [0.25, 0.3) is 33.6 Å². The van der Waals surface area contributed by atoms with Crippen LogP contribution in [0.2, 0.25) is 0 Å². The van der Waals surface area contributed by atoms with Gasteiger partial charge < -0.3 is 29.1 Å². The quantitative estimate of drug-likeness (QED) is 0.405. The molecule has 1 amide bonds. The van der Waals surface area contributed by atoms with E-state index in [9.17, 15) is 4.79 Å². The molecule has 2 aliphatic rings. The van der Waals surface area contributed by atoms with Crippen molar-refractivity contribution in [3.8, 4) is 34.2 Å². The number of rotatable bonds is 6. The molecule has 2 aromatic carbocycles. The minimum absolute atomic E-state index is 0.0483. The second-order valence-corrected chi connectivity index (χ2v) is 10.2. The number of fused-ring (bicyclic) bond motifs is 2. The summed E-state index contributed by atoms with van der Waals surface area (Å²) in [6.07, 6.45) is 0. The molecule has 6 rings (SSSR count). The van der Waals surface area contributed by atoms with Gasteiger partial charge in [-0.25, -0.2) is 0 Å². The highest BCUT2D eigenvalue weighted by molar-refractivity contribution is 5.94. The van der Waals surface area contributed by atoms with E-state index in [0.29, 0.717) is 29.2 Å². The third-order valence-corrected chi connectivity index (χ3v) is 7.62. The monoisotopic (exact) mass is 501 g/mol. The van der Waals surface area contributed by atoms with Gasteiger partial charge in [0.25, 0.3) is 0 Å². The maximum absolute atomic E-state index is 13.0. The Bertz CT molecular complexity index is 1460. The van der Waals surface area contributed by atoms with Crippen molar-refractivity contribution in [1.82, 2.24) is 25.4 Å². The van der Waals surface area contributed by atoms with Crippen LogP contribution in [0.3, 0.4) is 0 Å². The summed E-state index contributed by atoms with van der Waals surface area (Å²) in [6.45, 7) is 7.74. The summed E-state index contributed by atoms with van der Waals surface area (Å²) >= 11 is 0. The smallest absolute Gasteiger partial charge is 0.311 e. The van der Waals surface area contributed by atoms with Crippen molar-refractivity contribution in [2.75, 3.05) is 40.4 Å². The number of methoxy groups -OCH3 is 2. The van der Waals surface area contributed by atoms with E-state index in [2.05, 4.69) is 40.4 Å². The van der Waals surface area contributed by atoms with Crippen molar-refractivity contribution in [2.45, 2.75) is 19.8 Å². The summed E-state index contributed by atoms with van der Waals surface area (Å²) in [5, 5.41) is 12.8. The van der Waals surface area contributed by atoms with Crippen LogP contribution in [-0.2, 0) is 0 Å². The Morgan fingerprint density at radius 1 is 1.00 bits per heavy atom. The summed E-state index contributed by atoms with van der Waals surface area (Å²) in [4.78, 5) is 18.4. The molecule has 2 unspecified atom stereocenters. The van der Waals surface area contributed by atoms with Crippen LogP contribution in [0.1, 0.15) is 36.0 Å². The van der Waals surface area contributed by atoms with Crippen LogP contribution in [0.4, 0.5) is 0 Å². The molecule has 2 aliphatic heterocycles. The van der Waals surface area contributed by atoms with Crippen molar-refractivity contribution in [1.29, 1.82) is 0 Å². The number of H-pyrrole nitrogens is 1. The van der Waals surface area contributed by atoms with Crippen LogP contribution < -0.4 is 14.8 Å². The lowest BCUT2D eigenvalue weighted by molar-refractivity contribution is 0.0742. The Hall–Kier alpha value is -3.85. The number of likely N-dealkylation sites (tertiary alicyclic amines) is 1. The summed E-state index contributed by atoms with van der Waals surface area (Å²) in [7, 11) is 3.27. The number of carbonyl (C=O) groups is 1. The number of benzene rings is 2. The molecule has 0 saturated carbocycles. The number of aromatic amines is 1. The Morgan fingerprint density at radius 3 is 2.43 bits per heavy atom. The fourth-order valence-corrected chi connectivity index (χ4v) is 5.75. The highest BCUT2D eigenvalue weighted by atomic mass is 16.5. The van der Waals surface area contributed by atoms with Gasteiger partial charge in [-0.1, -0.05) is 13.8 Å².